The van der Waals surface area contributed by atoms with Gasteiger partial charge in [0.25, 0.3) is 0 Å². The molecule has 0 radical (unpaired) electrons. The van der Waals surface area contributed by atoms with Crippen LogP contribution in [0.15, 0.2) is 48.5 Å². The molecule has 1 fully saturated rings. The summed E-state index contributed by atoms with van der Waals surface area (Å²) in [6, 6.07) is 15.2. The molecule has 0 atom stereocenters. The molecule has 3 nitrogen and oxygen atoms in total. The lowest BCUT2D eigenvalue weighted by molar-refractivity contribution is -0.119. The number of para-hydroxylation sites is 1. The van der Waals surface area contributed by atoms with Gasteiger partial charge in [-0.1, -0.05) is 18.2 Å². The molecule has 4 rings (SSSR count). The fourth-order valence-corrected chi connectivity index (χ4v) is 3.09. The number of carbonyl (C=O) groups is 2. The van der Waals surface area contributed by atoms with E-state index in [-0.39, 0.29) is 11.3 Å². The van der Waals surface area contributed by atoms with Crippen LogP contribution in [0.5, 0.6) is 0 Å². The van der Waals surface area contributed by atoms with Gasteiger partial charge in [-0.2, -0.15) is 0 Å². The van der Waals surface area contributed by atoms with E-state index in [9.17, 15) is 9.59 Å². The first kappa shape index (κ1) is 11.4. The smallest absolute Gasteiger partial charge is 0.242 e. The topological polar surface area (TPSA) is 37.4 Å². The monoisotopic (exact) mass is 263 g/mol. The standard InChI is InChI=1S/C17H13NO2/c19-11-12-6-7-15-14(10-12)17(8-9-17)16(20)18(15)13-4-2-1-3-5-13/h1-7,10-11H,8-9H2. The number of carbonyl (C=O) groups excluding carboxylic acids is 2. The maximum atomic E-state index is 12.8. The Labute approximate surface area is 116 Å². The van der Waals surface area contributed by atoms with Crippen LogP contribution in [0.3, 0.4) is 0 Å². The van der Waals surface area contributed by atoms with Crippen molar-refractivity contribution in [3.8, 4) is 0 Å². The Morgan fingerprint density at radius 3 is 2.45 bits per heavy atom. The molecule has 20 heavy (non-hydrogen) atoms. The summed E-state index contributed by atoms with van der Waals surface area (Å²) in [7, 11) is 0. The van der Waals surface area contributed by atoms with Gasteiger partial charge < -0.3 is 0 Å². The van der Waals surface area contributed by atoms with Gasteiger partial charge in [0.15, 0.2) is 0 Å². The maximum Gasteiger partial charge on any atom is 0.242 e. The normalized spacial score (nSPS) is 18.2. The molecule has 0 N–H and O–H groups in total. The van der Waals surface area contributed by atoms with Crippen molar-refractivity contribution in [2.24, 2.45) is 0 Å². The van der Waals surface area contributed by atoms with Crippen molar-refractivity contribution < 1.29 is 9.59 Å². The molecular weight excluding hydrogens is 250 g/mol. The minimum Gasteiger partial charge on any atom is -0.298 e. The minimum absolute atomic E-state index is 0.141. The van der Waals surface area contributed by atoms with Crippen LogP contribution in [0.4, 0.5) is 11.4 Å². The van der Waals surface area contributed by atoms with Crippen molar-refractivity contribution in [2.45, 2.75) is 18.3 Å². The third-order valence-corrected chi connectivity index (χ3v) is 4.29. The molecule has 1 amide bonds. The molecule has 2 aliphatic rings. The SMILES string of the molecule is O=Cc1ccc2c(c1)C1(CC1)C(=O)N2c1ccccc1. The Morgan fingerprint density at radius 1 is 1.05 bits per heavy atom. The predicted molar refractivity (Wildman–Crippen MR) is 76.3 cm³/mol. The highest BCUT2D eigenvalue weighted by molar-refractivity contribution is 6.14. The van der Waals surface area contributed by atoms with Crippen molar-refractivity contribution in [2.75, 3.05) is 4.90 Å². The molecule has 0 bridgehead atoms. The molecular formula is C17H13NO2. The Balaban J connectivity index is 1.92. The van der Waals surface area contributed by atoms with Crippen LogP contribution in [0.1, 0.15) is 28.8 Å². The molecule has 98 valence electrons. The molecule has 1 heterocycles. The molecule has 3 heteroatoms. The number of rotatable bonds is 2. The molecule has 1 saturated carbocycles. The lowest BCUT2D eigenvalue weighted by Crippen LogP contribution is -2.27. The van der Waals surface area contributed by atoms with E-state index in [1.165, 1.54) is 0 Å². The minimum atomic E-state index is -0.371. The van der Waals surface area contributed by atoms with E-state index in [4.69, 9.17) is 0 Å². The van der Waals surface area contributed by atoms with Gasteiger partial charge in [-0.3, -0.25) is 14.5 Å². The number of hydrogen-bond acceptors (Lipinski definition) is 2. The van der Waals surface area contributed by atoms with E-state index in [0.717, 1.165) is 36.1 Å². The highest BCUT2D eigenvalue weighted by atomic mass is 16.2. The molecule has 0 unspecified atom stereocenters. The molecule has 0 aromatic heterocycles. The fourth-order valence-electron chi connectivity index (χ4n) is 3.09. The van der Waals surface area contributed by atoms with Crippen molar-refractivity contribution in [1.29, 1.82) is 0 Å². The van der Waals surface area contributed by atoms with Crippen LogP contribution in [0.2, 0.25) is 0 Å². The van der Waals surface area contributed by atoms with Crippen molar-refractivity contribution >= 4 is 23.6 Å². The van der Waals surface area contributed by atoms with Gasteiger partial charge in [-0.25, -0.2) is 0 Å². The quantitative estimate of drug-likeness (QED) is 0.780. The zero-order valence-corrected chi connectivity index (χ0v) is 10.9. The molecule has 2 aromatic carbocycles. The third-order valence-electron chi connectivity index (χ3n) is 4.29. The van der Waals surface area contributed by atoms with Crippen LogP contribution in [-0.4, -0.2) is 12.2 Å². The summed E-state index contributed by atoms with van der Waals surface area (Å²) in [4.78, 5) is 25.5. The van der Waals surface area contributed by atoms with Crippen LogP contribution in [0.25, 0.3) is 0 Å². The van der Waals surface area contributed by atoms with E-state index in [0.29, 0.717) is 5.56 Å². The highest BCUT2D eigenvalue weighted by Gasteiger charge is 2.59. The first-order valence-electron chi connectivity index (χ1n) is 6.76. The first-order valence-corrected chi connectivity index (χ1v) is 6.76. The fraction of sp³-hybridized carbons (Fsp3) is 0.176. The van der Waals surface area contributed by atoms with Crippen LogP contribution in [0, 0.1) is 0 Å². The number of hydrogen-bond donors (Lipinski definition) is 0. The second-order valence-electron chi connectivity index (χ2n) is 5.45. The molecule has 1 aliphatic carbocycles. The van der Waals surface area contributed by atoms with Gasteiger partial charge in [0.1, 0.15) is 6.29 Å². The van der Waals surface area contributed by atoms with Crippen molar-refractivity contribution in [3.63, 3.8) is 0 Å². The second kappa shape index (κ2) is 3.79. The zero-order chi connectivity index (χ0) is 13.7. The number of amides is 1. The summed E-state index contributed by atoms with van der Waals surface area (Å²) < 4.78 is 0. The molecule has 0 saturated heterocycles. The maximum absolute atomic E-state index is 12.8. The van der Waals surface area contributed by atoms with Gasteiger partial charge in [-0.15, -0.1) is 0 Å². The first-order chi connectivity index (χ1) is 9.76. The Kier molecular flexibility index (Phi) is 2.16. The summed E-state index contributed by atoms with van der Waals surface area (Å²) in [6.07, 6.45) is 2.60. The van der Waals surface area contributed by atoms with E-state index < -0.39 is 0 Å². The largest absolute Gasteiger partial charge is 0.298 e. The Hall–Kier alpha value is -2.42. The number of fused-ring (bicyclic) bond motifs is 2. The van der Waals surface area contributed by atoms with E-state index in [1.807, 2.05) is 42.5 Å². The van der Waals surface area contributed by atoms with Crippen LogP contribution < -0.4 is 4.90 Å². The third kappa shape index (κ3) is 1.35. The van der Waals surface area contributed by atoms with Gasteiger partial charge in [0.05, 0.1) is 11.1 Å². The summed E-state index contributed by atoms with van der Waals surface area (Å²) in [6.45, 7) is 0. The second-order valence-corrected chi connectivity index (χ2v) is 5.45. The summed E-state index contributed by atoms with van der Waals surface area (Å²) in [5.74, 6) is 0.141. The lowest BCUT2D eigenvalue weighted by atomic mass is 9.96. The highest BCUT2D eigenvalue weighted by Crippen LogP contribution is 2.58. The van der Waals surface area contributed by atoms with E-state index in [2.05, 4.69) is 0 Å². The average molecular weight is 263 g/mol. The van der Waals surface area contributed by atoms with E-state index >= 15 is 0 Å². The van der Waals surface area contributed by atoms with Crippen LogP contribution >= 0.6 is 0 Å². The van der Waals surface area contributed by atoms with Gasteiger partial charge >= 0.3 is 0 Å². The number of aldehydes is 1. The van der Waals surface area contributed by atoms with Crippen molar-refractivity contribution in [1.82, 2.24) is 0 Å². The zero-order valence-electron chi connectivity index (χ0n) is 10.9. The average Bonchev–Trinajstić information content (AvgIpc) is 3.26. The molecule has 1 spiro atoms. The number of anilines is 2. The summed E-state index contributed by atoms with van der Waals surface area (Å²) in [5, 5.41) is 0. The Morgan fingerprint density at radius 2 is 1.80 bits per heavy atom. The summed E-state index contributed by atoms with van der Waals surface area (Å²) >= 11 is 0. The van der Waals surface area contributed by atoms with Gasteiger partial charge in [0.2, 0.25) is 5.91 Å². The lowest BCUT2D eigenvalue weighted by Gasteiger charge is -2.18. The number of benzene rings is 2. The van der Waals surface area contributed by atoms with Crippen molar-refractivity contribution in [3.05, 3.63) is 59.7 Å². The predicted octanol–water partition coefficient (Wildman–Crippen LogP) is 3.21. The van der Waals surface area contributed by atoms with Crippen LogP contribution in [-0.2, 0) is 10.2 Å². The van der Waals surface area contributed by atoms with Gasteiger partial charge in [-0.05, 0) is 48.7 Å². The van der Waals surface area contributed by atoms with Gasteiger partial charge in [0, 0.05) is 11.3 Å². The molecule has 2 aromatic rings. The van der Waals surface area contributed by atoms with E-state index in [1.54, 1.807) is 11.0 Å². The number of nitrogens with zero attached hydrogens (tertiary/aromatic N) is 1. The molecule has 1 aliphatic heterocycles. The Bertz CT molecular complexity index is 717. The summed E-state index contributed by atoms with van der Waals surface area (Å²) in [5.41, 5.74) is 3.09.